The lowest BCUT2D eigenvalue weighted by Crippen LogP contribution is -2.14. The molecule has 0 unspecified atom stereocenters. The van der Waals surface area contributed by atoms with Gasteiger partial charge in [0.25, 0.3) is 10.0 Å². The number of hydrogen-bond donors (Lipinski definition) is 1. The predicted octanol–water partition coefficient (Wildman–Crippen LogP) is 3.75. The summed E-state index contributed by atoms with van der Waals surface area (Å²) in [4.78, 5) is 3.71. The molecule has 1 heterocycles. The number of aromatic nitrogens is 1. The number of rotatable bonds is 4. The maximum atomic E-state index is 12.3. The molecule has 0 radical (unpaired) electrons. The summed E-state index contributed by atoms with van der Waals surface area (Å²) >= 11 is 11.5. The summed E-state index contributed by atoms with van der Waals surface area (Å²) in [5.74, 6) is 0. The van der Waals surface area contributed by atoms with Crippen LogP contribution < -0.4 is 4.72 Å². The molecule has 0 aliphatic heterocycles. The van der Waals surface area contributed by atoms with E-state index in [1.165, 1.54) is 12.3 Å². The van der Waals surface area contributed by atoms with Gasteiger partial charge in [-0.3, -0.25) is 4.72 Å². The SMILES string of the molecule is CCc1ccccc1NS(=O)(=O)c1cnc(Cl)c(Cl)c1. The maximum Gasteiger partial charge on any atom is 0.263 e. The third-order valence-electron chi connectivity index (χ3n) is 2.72. The second kappa shape index (κ2) is 5.99. The van der Waals surface area contributed by atoms with E-state index in [9.17, 15) is 8.42 Å². The largest absolute Gasteiger partial charge is 0.279 e. The Morgan fingerprint density at radius 1 is 1.25 bits per heavy atom. The van der Waals surface area contributed by atoms with Crippen molar-refractivity contribution in [2.75, 3.05) is 4.72 Å². The molecule has 1 N–H and O–H groups in total. The molecule has 1 aromatic heterocycles. The van der Waals surface area contributed by atoms with Crippen molar-refractivity contribution in [1.29, 1.82) is 0 Å². The van der Waals surface area contributed by atoms with Crippen LogP contribution in [0.25, 0.3) is 0 Å². The van der Waals surface area contributed by atoms with E-state index < -0.39 is 10.0 Å². The molecule has 2 aromatic rings. The minimum Gasteiger partial charge on any atom is -0.279 e. The number of benzene rings is 1. The fourth-order valence-electron chi connectivity index (χ4n) is 1.68. The second-order valence-electron chi connectivity index (χ2n) is 4.06. The first-order chi connectivity index (χ1) is 9.44. The van der Waals surface area contributed by atoms with Crippen LogP contribution in [0.1, 0.15) is 12.5 Å². The number of anilines is 1. The Balaban J connectivity index is 2.38. The van der Waals surface area contributed by atoms with E-state index in [4.69, 9.17) is 23.2 Å². The van der Waals surface area contributed by atoms with Gasteiger partial charge < -0.3 is 0 Å². The Morgan fingerprint density at radius 2 is 1.95 bits per heavy atom. The first-order valence-corrected chi connectivity index (χ1v) is 8.09. The Kier molecular flexibility index (Phi) is 4.52. The average Bonchev–Trinajstić information content (AvgIpc) is 2.42. The highest BCUT2D eigenvalue weighted by atomic mass is 35.5. The third kappa shape index (κ3) is 3.23. The van der Waals surface area contributed by atoms with Gasteiger partial charge in [-0.15, -0.1) is 0 Å². The zero-order chi connectivity index (χ0) is 14.8. The molecule has 1 aromatic carbocycles. The molecule has 0 spiro atoms. The molecule has 7 heteroatoms. The molecule has 0 saturated carbocycles. The van der Waals surface area contributed by atoms with Gasteiger partial charge in [-0.25, -0.2) is 13.4 Å². The van der Waals surface area contributed by atoms with Gasteiger partial charge in [0.1, 0.15) is 10.0 Å². The summed E-state index contributed by atoms with van der Waals surface area (Å²) in [5, 5.41) is 0.165. The highest BCUT2D eigenvalue weighted by Crippen LogP contribution is 2.24. The number of para-hydroxylation sites is 1. The molecule has 4 nitrogen and oxygen atoms in total. The van der Waals surface area contributed by atoms with Crippen LogP contribution in [0.4, 0.5) is 5.69 Å². The summed E-state index contributed by atoms with van der Waals surface area (Å²) in [6, 6.07) is 8.47. The number of pyridine rings is 1. The van der Waals surface area contributed by atoms with E-state index in [-0.39, 0.29) is 15.1 Å². The van der Waals surface area contributed by atoms with Crippen LogP contribution in [0, 0.1) is 0 Å². The second-order valence-corrected chi connectivity index (χ2v) is 6.51. The Morgan fingerprint density at radius 3 is 2.60 bits per heavy atom. The fraction of sp³-hybridized carbons (Fsp3) is 0.154. The van der Waals surface area contributed by atoms with E-state index in [0.29, 0.717) is 5.69 Å². The number of halogens is 2. The lowest BCUT2D eigenvalue weighted by atomic mass is 10.1. The van der Waals surface area contributed by atoms with Crippen molar-refractivity contribution in [2.45, 2.75) is 18.2 Å². The molecule has 106 valence electrons. The predicted molar refractivity (Wildman–Crippen MR) is 80.9 cm³/mol. The fourth-order valence-corrected chi connectivity index (χ4v) is 3.09. The first kappa shape index (κ1) is 15.1. The van der Waals surface area contributed by atoms with Crippen LogP contribution in [-0.4, -0.2) is 13.4 Å². The van der Waals surface area contributed by atoms with Gasteiger partial charge in [0.15, 0.2) is 0 Å². The Labute approximate surface area is 127 Å². The molecule has 0 bridgehead atoms. The Bertz CT molecular complexity index is 733. The summed E-state index contributed by atoms with van der Waals surface area (Å²) in [5.41, 5.74) is 1.45. The van der Waals surface area contributed by atoms with Gasteiger partial charge in [-0.2, -0.15) is 0 Å². The third-order valence-corrected chi connectivity index (χ3v) is 4.74. The zero-order valence-electron chi connectivity index (χ0n) is 10.6. The van der Waals surface area contributed by atoms with Gasteiger partial charge in [0.2, 0.25) is 0 Å². The topological polar surface area (TPSA) is 59.1 Å². The highest BCUT2D eigenvalue weighted by Gasteiger charge is 2.17. The van der Waals surface area contributed by atoms with Crippen LogP contribution in [0.5, 0.6) is 0 Å². The quantitative estimate of drug-likeness (QED) is 0.868. The van der Waals surface area contributed by atoms with Crippen molar-refractivity contribution in [1.82, 2.24) is 4.98 Å². The molecule has 0 atom stereocenters. The van der Waals surface area contributed by atoms with Crippen molar-refractivity contribution >= 4 is 38.9 Å². The molecule has 0 amide bonds. The number of nitrogens with zero attached hydrogens (tertiary/aromatic N) is 1. The molecule has 0 aliphatic rings. The smallest absolute Gasteiger partial charge is 0.263 e. The first-order valence-electron chi connectivity index (χ1n) is 5.86. The molecule has 0 saturated heterocycles. The molecule has 2 rings (SSSR count). The monoisotopic (exact) mass is 330 g/mol. The van der Waals surface area contributed by atoms with Crippen molar-refractivity contribution in [3.05, 3.63) is 52.3 Å². The van der Waals surface area contributed by atoms with Crippen LogP contribution >= 0.6 is 23.2 Å². The lowest BCUT2D eigenvalue weighted by Gasteiger charge is -2.11. The van der Waals surface area contributed by atoms with Crippen LogP contribution in [0.3, 0.4) is 0 Å². The molecule has 0 aliphatic carbocycles. The lowest BCUT2D eigenvalue weighted by molar-refractivity contribution is 0.600. The van der Waals surface area contributed by atoms with E-state index >= 15 is 0 Å². The standard InChI is InChI=1S/C13H12Cl2N2O2S/c1-2-9-5-3-4-6-12(9)17-20(18,19)10-7-11(14)13(15)16-8-10/h3-8,17H,2H2,1H3. The van der Waals surface area contributed by atoms with Crippen molar-refractivity contribution in [2.24, 2.45) is 0 Å². The van der Waals surface area contributed by atoms with Crippen LogP contribution in [-0.2, 0) is 16.4 Å². The maximum absolute atomic E-state index is 12.3. The molecule has 0 fully saturated rings. The van der Waals surface area contributed by atoms with Crippen LogP contribution in [0.15, 0.2) is 41.4 Å². The normalized spacial score (nSPS) is 11.3. The van der Waals surface area contributed by atoms with Gasteiger partial charge >= 0.3 is 0 Å². The highest BCUT2D eigenvalue weighted by molar-refractivity contribution is 7.92. The van der Waals surface area contributed by atoms with Gasteiger partial charge in [0.05, 0.1) is 10.7 Å². The van der Waals surface area contributed by atoms with Crippen molar-refractivity contribution in [3.8, 4) is 0 Å². The van der Waals surface area contributed by atoms with Gasteiger partial charge in [0, 0.05) is 6.20 Å². The summed E-state index contributed by atoms with van der Waals surface area (Å²) in [7, 11) is -3.74. The number of hydrogen-bond acceptors (Lipinski definition) is 3. The molecular formula is C13H12Cl2N2O2S. The van der Waals surface area contributed by atoms with Crippen LogP contribution in [0.2, 0.25) is 10.2 Å². The van der Waals surface area contributed by atoms with E-state index in [2.05, 4.69) is 9.71 Å². The number of sulfonamides is 1. The Hall–Kier alpha value is -1.30. The van der Waals surface area contributed by atoms with Gasteiger partial charge in [-0.1, -0.05) is 48.3 Å². The zero-order valence-corrected chi connectivity index (χ0v) is 12.9. The minimum atomic E-state index is -3.74. The van der Waals surface area contributed by atoms with E-state index in [1.807, 2.05) is 19.1 Å². The van der Waals surface area contributed by atoms with E-state index in [1.54, 1.807) is 12.1 Å². The van der Waals surface area contributed by atoms with E-state index in [0.717, 1.165) is 12.0 Å². The van der Waals surface area contributed by atoms with Crippen molar-refractivity contribution in [3.63, 3.8) is 0 Å². The summed E-state index contributed by atoms with van der Waals surface area (Å²) < 4.78 is 27.1. The molecule has 20 heavy (non-hydrogen) atoms. The van der Waals surface area contributed by atoms with Gasteiger partial charge in [-0.05, 0) is 24.1 Å². The van der Waals surface area contributed by atoms with Crippen molar-refractivity contribution < 1.29 is 8.42 Å². The summed E-state index contributed by atoms with van der Waals surface area (Å²) in [6.07, 6.45) is 1.89. The number of aryl methyl sites for hydroxylation is 1. The molecular weight excluding hydrogens is 319 g/mol. The average molecular weight is 331 g/mol. The summed E-state index contributed by atoms with van der Waals surface area (Å²) in [6.45, 7) is 1.95. The minimum absolute atomic E-state index is 0.0298. The number of nitrogens with one attached hydrogen (secondary N) is 1.